The van der Waals surface area contributed by atoms with Crippen molar-refractivity contribution >= 4 is 29.4 Å². The third-order valence-corrected chi connectivity index (χ3v) is 3.16. The van der Waals surface area contributed by atoms with Crippen LogP contribution in [0.3, 0.4) is 0 Å². The Balaban J connectivity index is 1.81. The van der Waals surface area contributed by atoms with Gasteiger partial charge in [0.25, 0.3) is 5.91 Å². The van der Waals surface area contributed by atoms with Crippen molar-refractivity contribution in [2.45, 2.75) is 6.92 Å². The van der Waals surface area contributed by atoms with Crippen LogP contribution in [0.2, 0.25) is 5.02 Å². The highest BCUT2D eigenvalue weighted by atomic mass is 35.5. The van der Waals surface area contributed by atoms with Crippen LogP contribution < -0.4 is 10.7 Å². The molecule has 2 aromatic rings. The Morgan fingerprint density at radius 1 is 1.27 bits per heavy atom. The molecule has 0 saturated carbocycles. The molecule has 0 atom stereocenters. The van der Waals surface area contributed by atoms with Crippen molar-refractivity contribution in [2.24, 2.45) is 5.10 Å². The molecule has 3 N–H and O–H groups in total. The Hall–Kier alpha value is -2.53. The lowest BCUT2D eigenvalue weighted by molar-refractivity contribution is -0.119. The maximum absolute atomic E-state index is 11.7. The number of hydrogen-bond donors (Lipinski definition) is 3. The summed E-state index contributed by atoms with van der Waals surface area (Å²) in [6.07, 6.45) is 1.50. The third kappa shape index (κ3) is 4.79. The SMILES string of the molecule is Cc1cc(Cl)ccc1NCC(=O)NN=Cc1ccc(O)cc1. The van der Waals surface area contributed by atoms with Gasteiger partial charge in [-0.2, -0.15) is 5.10 Å². The van der Waals surface area contributed by atoms with Gasteiger partial charge < -0.3 is 10.4 Å². The Bertz CT molecular complexity index is 684. The Labute approximate surface area is 133 Å². The van der Waals surface area contributed by atoms with Crippen LogP contribution in [0.1, 0.15) is 11.1 Å². The van der Waals surface area contributed by atoms with Crippen molar-refractivity contribution in [2.75, 3.05) is 11.9 Å². The summed E-state index contributed by atoms with van der Waals surface area (Å²) in [6.45, 7) is 2.02. The molecule has 0 aliphatic carbocycles. The fraction of sp³-hybridized carbons (Fsp3) is 0.125. The summed E-state index contributed by atoms with van der Waals surface area (Å²) >= 11 is 5.87. The molecule has 0 radical (unpaired) electrons. The molecule has 0 aliphatic rings. The van der Waals surface area contributed by atoms with Crippen LogP contribution >= 0.6 is 11.6 Å². The minimum Gasteiger partial charge on any atom is -0.508 e. The molecular weight excluding hydrogens is 302 g/mol. The van der Waals surface area contributed by atoms with Crippen molar-refractivity contribution in [1.29, 1.82) is 0 Å². The van der Waals surface area contributed by atoms with Gasteiger partial charge >= 0.3 is 0 Å². The second-order valence-electron chi connectivity index (χ2n) is 4.70. The van der Waals surface area contributed by atoms with E-state index in [9.17, 15) is 4.79 Å². The molecule has 6 heteroatoms. The van der Waals surface area contributed by atoms with Gasteiger partial charge in [-0.15, -0.1) is 0 Å². The zero-order valence-corrected chi connectivity index (χ0v) is 12.8. The number of hydrazone groups is 1. The summed E-state index contributed by atoms with van der Waals surface area (Å²) in [6, 6.07) is 11.9. The maximum atomic E-state index is 11.7. The first-order chi connectivity index (χ1) is 10.5. The van der Waals surface area contributed by atoms with Crippen molar-refractivity contribution in [1.82, 2.24) is 5.43 Å². The Morgan fingerprint density at radius 2 is 2.00 bits per heavy atom. The molecular formula is C16H16ClN3O2. The van der Waals surface area contributed by atoms with E-state index in [0.717, 1.165) is 16.8 Å². The predicted molar refractivity (Wildman–Crippen MR) is 88.5 cm³/mol. The van der Waals surface area contributed by atoms with Gasteiger partial charge in [-0.05, 0) is 60.5 Å². The molecule has 22 heavy (non-hydrogen) atoms. The second-order valence-corrected chi connectivity index (χ2v) is 5.13. The largest absolute Gasteiger partial charge is 0.508 e. The maximum Gasteiger partial charge on any atom is 0.259 e. The highest BCUT2D eigenvalue weighted by molar-refractivity contribution is 6.30. The normalized spacial score (nSPS) is 10.6. The molecule has 5 nitrogen and oxygen atoms in total. The summed E-state index contributed by atoms with van der Waals surface area (Å²) < 4.78 is 0. The number of rotatable bonds is 5. The molecule has 2 aromatic carbocycles. The zero-order chi connectivity index (χ0) is 15.9. The summed E-state index contributed by atoms with van der Waals surface area (Å²) in [5.74, 6) is -0.0758. The van der Waals surface area contributed by atoms with E-state index in [1.165, 1.54) is 6.21 Å². The van der Waals surface area contributed by atoms with Crippen LogP contribution in [-0.2, 0) is 4.79 Å². The first-order valence-corrected chi connectivity index (χ1v) is 7.03. The molecule has 0 fully saturated rings. The van der Waals surface area contributed by atoms with Gasteiger partial charge in [-0.3, -0.25) is 4.79 Å². The first-order valence-electron chi connectivity index (χ1n) is 6.65. The van der Waals surface area contributed by atoms with Gasteiger partial charge in [0, 0.05) is 10.7 Å². The molecule has 0 heterocycles. The van der Waals surface area contributed by atoms with E-state index in [1.54, 1.807) is 30.3 Å². The highest BCUT2D eigenvalue weighted by Gasteiger charge is 2.02. The number of phenols is 1. The predicted octanol–water partition coefficient (Wildman–Crippen LogP) is 2.92. The number of hydrogen-bond acceptors (Lipinski definition) is 4. The van der Waals surface area contributed by atoms with Crippen LogP contribution in [0, 0.1) is 6.92 Å². The van der Waals surface area contributed by atoms with Crippen molar-refractivity contribution < 1.29 is 9.90 Å². The van der Waals surface area contributed by atoms with E-state index < -0.39 is 0 Å². The fourth-order valence-corrected chi connectivity index (χ4v) is 2.01. The number of halogens is 1. The van der Waals surface area contributed by atoms with Crippen LogP contribution in [-0.4, -0.2) is 23.8 Å². The lowest BCUT2D eigenvalue weighted by atomic mass is 10.2. The number of phenolic OH excluding ortho intramolecular Hbond substituents is 1. The lowest BCUT2D eigenvalue weighted by Crippen LogP contribution is -2.26. The van der Waals surface area contributed by atoms with E-state index in [0.29, 0.717) is 5.02 Å². The average molecular weight is 318 g/mol. The van der Waals surface area contributed by atoms with E-state index >= 15 is 0 Å². The van der Waals surface area contributed by atoms with Gasteiger partial charge in [0.1, 0.15) is 5.75 Å². The quantitative estimate of drug-likeness (QED) is 0.586. The average Bonchev–Trinajstić information content (AvgIpc) is 2.48. The van der Waals surface area contributed by atoms with Crippen LogP contribution in [0.15, 0.2) is 47.6 Å². The molecule has 0 saturated heterocycles. The van der Waals surface area contributed by atoms with Gasteiger partial charge in [-0.25, -0.2) is 5.43 Å². The molecule has 114 valence electrons. The number of nitrogens with zero attached hydrogens (tertiary/aromatic N) is 1. The number of aromatic hydroxyl groups is 1. The van der Waals surface area contributed by atoms with Gasteiger partial charge in [-0.1, -0.05) is 11.6 Å². The van der Waals surface area contributed by atoms with Crippen LogP contribution in [0.5, 0.6) is 5.75 Å². The summed E-state index contributed by atoms with van der Waals surface area (Å²) in [5.41, 5.74) is 5.02. The topological polar surface area (TPSA) is 73.7 Å². The third-order valence-electron chi connectivity index (χ3n) is 2.92. The number of benzene rings is 2. The van der Waals surface area contributed by atoms with E-state index in [-0.39, 0.29) is 18.2 Å². The second kappa shape index (κ2) is 7.47. The van der Waals surface area contributed by atoms with Crippen molar-refractivity contribution in [3.63, 3.8) is 0 Å². The molecule has 0 aliphatic heterocycles. The highest BCUT2D eigenvalue weighted by Crippen LogP contribution is 2.19. The van der Waals surface area contributed by atoms with Gasteiger partial charge in [0.05, 0.1) is 12.8 Å². The van der Waals surface area contributed by atoms with E-state index in [4.69, 9.17) is 16.7 Å². The molecule has 2 rings (SSSR count). The molecule has 0 aromatic heterocycles. The number of nitrogens with one attached hydrogen (secondary N) is 2. The zero-order valence-electron chi connectivity index (χ0n) is 12.0. The Kier molecular flexibility index (Phi) is 5.38. The minimum atomic E-state index is -0.260. The molecule has 0 spiro atoms. The van der Waals surface area contributed by atoms with Gasteiger partial charge in [0.15, 0.2) is 0 Å². The minimum absolute atomic E-state index is 0.107. The van der Waals surface area contributed by atoms with Crippen molar-refractivity contribution in [3.8, 4) is 5.75 Å². The van der Waals surface area contributed by atoms with Crippen molar-refractivity contribution in [3.05, 3.63) is 58.6 Å². The van der Waals surface area contributed by atoms with E-state index in [2.05, 4.69) is 15.8 Å². The van der Waals surface area contributed by atoms with Gasteiger partial charge in [0.2, 0.25) is 0 Å². The number of carbonyl (C=O) groups is 1. The monoisotopic (exact) mass is 317 g/mol. The van der Waals surface area contributed by atoms with E-state index in [1.807, 2.05) is 19.1 Å². The number of anilines is 1. The Morgan fingerprint density at radius 3 is 2.68 bits per heavy atom. The summed E-state index contributed by atoms with van der Waals surface area (Å²) in [7, 11) is 0. The fourth-order valence-electron chi connectivity index (χ4n) is 1.78. The van der Waals surface area contributed by atoms with Crippen LogP contribution in [0.4, 0.5) is 5.69 Å². The summed E-state index contributed by atoms with van der Waals surface area (Å²) in [4.78, 5) is 11.7. The number of aryl methyl sites for hydroxylation is 1. The molecule has 1 amide bonds. The van der Waals surface area contributed by atoms with Crippen LogP contribution in [0.25, 0.3) is 0 Å². The summed E-state index contributed by atoms with van der Waals surface area (Å²) in [5, 5.41) is 16.7. The number of amides is 1. The standard InChI is InChI=1S/C16H16ClN3O2/c1-11-8-13(17)4-7-15(11)18-10-16(22)20-19-9-12-2-5-14(21)6-3-12/h2-9,18,21H,10H2,1H3,(H,20,22). The molecule has 0 bridgehead atoms. The smallest absolute Gasteiger partial charge is 0.259 e. The molecule has 0 unspecified atom stereocenters. The lowest BCUT2D eigenvalue weighted by Gasteiger charge is -2.08. The number of carbonyl (C=O) groups excluding carboxylic acids is 1. The first kappa shape index (κ1) is 15.9.